The first-order valence-electron chi connectivity index (χ1n) is 8.62. The van der Waals surface area contributed by atoms with Crippen molar-refractivity contribution in [2.45, 2.75) is 12.6 Å². The summed E-state index contributed by atoms with van der Waals surface area (Å²) < 4.78 is 37.6. The van der Waals surface area contributed by atoms with Crippen molar-refractivity contribution in [1.29, 1.82) is 5.26 Å². The van der Waals surface area contributed by atoms with Crippen LogP contribution in [0.4, 0.5) is 14.5 Å². The molecule has 0 unspecified atom stereocenters. The quantitative estimate of drug-likeness (QED) is 0.634. The van der Waals surface area contributed by atoms with Crippen LogP contribution in [0.5, 0.6) is 11.6 Å². The number of amides is 1. The summed E-state index contributed by atoms with van der Waals surface area (Å²) in [4.78, 5) is 22.7. The van der Waals surface area contributed by atoms with Gasteiger partial charge in [-0.25, -0.2) is 4.98 Å². The van der Waals surface area contributed by atoms with E-state index in [1.807, 2.05) is 0 Å². The first-order valence-corrected chi connectivity index (χ1v) is 8.62. The van der Waals surface area contributed by atoms with E-state index in [2.05, 4.69) is 15.1 Å². The third-order valence-electron chi connectivity index (χ3n) is 4.59. The number of halogens is 2. The maximum atomic E-state index is 13.5. The largest absolute Gasteiger partial charge is 0.491 e. The number of methoxy groups -OCH3 is 2. The van der Waals surface area contributed by atoms with Gasteiger partial charge in [0.2, 0.25) is 0 Å². The number of aromatic nitrogens is 4. The number of nitriles is 1. The fourth-order valence-electron chi connectivity index (χ4n) is 3.08. The Balaban J connectivity index is 1.65. The van der Waals surface area contributed by atoms with Crippen LogP contribution in [0.25, 0.3) is 11.3 Å². The van der Waals surface area contributed by atoms with Gasteiger partial charge in [-0.1, -0.05) is 0 Å². The molecule has 30 heavy (non-hydrogen) atoms. The Morgan fingerprint density at radius 2 is 2.03 bits per heavy atom. The van der Waals surface area contributed by atoms with Crippen LogP contribution in [-0.4, -0.2) is 39.9 Å². The Bertz CT molecular complexity index is 1190. The van der Waals surface area contributed by atoms with E-state index in [9.17, 15) is 13.6 Å². The maximum absolute atomic E-state index is 13.5. The number of fused-ring (bicyclic) bond motifs is 1. The Morgan fingerprint density at radius 3 is 2.73 bits per heavy atom. The molecule has 3 aromatic heterocycles. The van der Waals surface area contributed by atoms with Crippen LogP contribution >= 0.6 is 0 Å². The van der Waals surface area contributed by atoms with Gasteiger partial charge < -0.3 is 9.47 Å². The van der Waals surface area contributed by atoms with Crippen molar-refractivity contribution in [3.8, 4) is 29.0 Å². The Kier molecular flexibility index (Phi) is 4.54. The van der Waals surface area contributed by atoms with Gasteiger partial charge in [0.05, 0.1) is 55.8 Å². The van der Waals surface area contributed by atoms with E-state index in [0.29, 0.717) is 34.1 Å². The van der Waals surface area contributed by atoms with Gasteiger partial charge in [0.15, 0.2) is 11.8 Å². The summed E-state index contributed by atoms with van der Waals surface area (Å²) >= 11 is 0. The molecule has 4 heterocycles. The van der Waals surface area contributed by atoms with Gasteiger partial charge in [0, 0.05) is 11.8 Å². The van der Waals surface area contributed by atoms with Crippen molar-refractivity contribution in [3.05, 3.63) is 48.0 Å². The lowest BCUT2D eigenvalue weighted by Crippen LogP contribution is -2.23. The average Bonchev–Trinajstić information content (AvgIpc) is 3.38. The van der Waals surface area contributed by atoms with E-state index in [-0.39, 0.29) is 16.9 Å². The average molecular weight is 412 g/mol. The van der Waals surface area contributed by atoms with Crippen LogP contribution < -0.4 is 14.4 Å². The highest BCUT2D eigenvalue weighted by Crippen LogP contribution is 2.33. The van der Waals surface area contributed by atoms with Gasteiger partial charge in [-0.15, -0.1) is 0 Å². The molecule has 0 saturated heterocycles. The summed E-state index contributed by atoms with van der Waals surface area (Å²) in [5.74, 6) is 0.366. The van der Waals surface area contributed by atoms with Crippen LogP contribution in [0.2, 0.25) is 0 Å². The highest BCUT2D eigenvalue weighted by molar-refractivity contribution is 6.09. The molecule has 0 atom stereocenters. The van der Waals surface area contributed by atoms with E-state index < -0.39 is 12.0 Å². The zero-order valence-corrected chi connectivity index (χ0v) is 15.8. The van der Waals surface area contributed by atoms with Crippen molar-refractivity contribution in [1.82, 2.24) is 19.7 Å². The highest BCUT2D eigenvalue weighted by atomic mass is 19.3. The smallest absolute Gasteiger partial charge is 0.433 e. The predicted octanol–water partition coefficient (Wildman–Crippen LogP) is 2.59. The number of pyridine rings is 2. The van der Waals surface area contributed by atoms with Crippen molar-refractivity contribution >= 4 is 11.6 Å². The number of nitrogens with zero attached hydrogens (tertiary/aromatic N) is 6. The van der Waals surface area contributed by atoms with Crippen LogP contribution in [0, 0.1) is 11.3 Å². The fourth-order valence-corrected chi connectivity index (χ4v) is 3.08. The SMILES string of the molecule is COc1cc(-c2ccc3c(n2)CN(c2cnn(C(F)(F)C#N)c2)C3=O)cnc1OC. The van der Waals surface area contributed by atoms with Crippen molar-refractivity contribution in [3.63, 3.8) is 0 Å². The monoisotopic (exact) mass is 412 g/mol. The van der Waals surface area contributed by atoms with Gasteiger partial charge in [-0.3, -0.25) is 14.7 Å². The van der Waals surface area contributed by atoms with E-state index in [4.69, 9.17) is 14.7 Å². The molecule has 1 aliphatic rings. The van der Waals surface area contributed by atoms with Gasteiger partial charge in [0.1, 0.15) is 0 Å². The number of hydrogen-bond donors (Lipinski definition) is 0. The lowest BCUT2D eigenvalue weighted by molar-refractivity contribution is -0.0309. The molecule has 9 nitrogen and oxygen atoms in total. The summed E-state index contributed by atoms with van der Waals surface area (Å²) in [5.41, 5.74) is 2.19. The second-order valence-corrected chi connectivity index (χ2v) is 6.31. The molecule has 0 fully saturated rings. The summed E-state index contributed by atoms with van der Waals surface area (Å²) in [6.07, 6.45) is 3.62. The zero-order valence-electron chi connectivity index (χ0n) is 15.8. The van der Waals surface area contributed by atoms with E-state index in [0.717, 1.165) is 18.5 Å². The summed E-state index contributed by atoms with van der Waals surface area (Å²) in [7, 11) is 2.97. The number of carbonyl (C=O) groups is 1. The first-order chi connectivity index (χ1) is 14.4. The van der Waals surface area contributed by atoms with Gasteiger partial charge in [0.25, 0.3) is 11.8 Å². The summed E-state index contributed by atoms with van der Waals surface area (Å²) in [6, 6.07) is 2.04. The lowest BCUT2D eigenvalue weighted by Gasteiger charge is -2.12. The molecule has 1 aliphatic heterocycles. The molecule has 0 N–H and O–H groups in total. The molecule has 0 aliphatic carbocycles. The van der Waals surface area contributed by atoms with Gasteiger partial charge in [-0.05, 0) is 18.2 Å². The topological polar surface area (TPSA) is 106 Å². The second kappa shape index (κ2) is 7.07. The Morgan fingerprint density at radius 1 is 1.23 bits per heavy atom. The second-order valence-electron chi connectivity index (χ2n) is 6.31. The molecule has 0 radical (unpaired) electrons. The summed E-state index contributed by atoms with van der Waals surface area (Å²) in [6.45, 7) is 0.0759. The predicted molar refractivity (Wildman–Crippen MR) is 99.1 cm³/mol. The van der Waals surface area contributed by atoms with E-state index >= 15 is 0 Å². The van der Waals surface area contributed by atoms with Crippen LogP contribution in [-0.2, 0) is 12.6 Å². The van der Waals surface area contributed by atoms with Crippen molar-refractivity contribution < 1.29 is 23.0 Å². The molecule has 0 saturated carbocycles. The fraction of sp³-hybridized carbons (Fsp3) is 0.211. The normalized spacial score (nSPS) is 13.2. The van der Waals surface area contributed by atoms with Gasteiger partial charge in [-0.2, -0.15) is 23.8 Å². The highest BCUT2D eigenvalue weighted by Gasteiger charge is 2.35. The minimum Gasteiger partial charge on any atom is -0.491 e. The number of anilines is 1. The molecule has 0 bridgehead atoms. The van der Waals surface area contributed by atoms with Gasteiger partial charge >= 0.3 is 6.05 Å². The minimum atomic E-state index is -3.81. The zero-order chi connectivity index (χ0) is 21.5. The van der Waals surface area contributed by atoms with Crippen molar-refractivity contribution in [2.24, 2.45) is 0 Å². The first kappa shape index (κ1) is 19.3. The molecular formula is C19H14F2N6O3. The van der Waals surface area contributed by atoms with Crippen LogP contribution in [0.15, 0.2) is 36.8 Å². The van der Waals surface area contributed by atoms with Crippen LogP contribution in [0.1, 0.15) is 16.1 Å². The molecule has 152 valence electrons. The third kappa shape index (κ3) is 3.08. The van der Waals surface area contributed by atoms with E-state index in [1.54, 1.807) is 24.4 Å². The Hall–Kier alpha value is -4.07. The van der Waals surface area contributed by atoms with Crippen molar-refractivity contribution in [2.75, 3.05) is 19.1 Å². The molecule has 1 amide bonds. The molecule has 4 rings (SSSR count). The number of rotatable bonds is 5. The third-order valence-corrected chi connectivity index (χ3v) is 4.59. The molecule has 0 aromatic carbocycles. The minimum absolute atomic E-state index is 0.0759. The number of hydrogen-bond acceptors (Lipinski definition) is 7. The van der Waals surface area contributed by atoms with E-state index in [1.165, 1.54) is 19.1 Å². The number of alkyl halides is 2. The number of carbonyl (C=O) groups excluding carboxylic acids is 1. The standard InChI is InChI=1S/C19H14F2N6O3/c1-29-16-5-11(6-23-17(16)30-2)14-4-3-13-15(25-14)9-26(18(13)28)12-7-24-27(8-12)19(20,21)10-22/h3-8H,9H2,1-2H3. The maximum Gasteiger partial charge on any atom is 0.433 e. The summed E-state index contributed by atoms with van der Waals surface area (Å²) in [5, 5.41) is 12.0. The molecule has 11 heteroatoms. The molecule has 3 aromatic rings. The number of ether oxygens (including phenoxy) is 2. The Labute approximate surface area is 169 Å². The molecule has 0 spiro atoms. The van der Waals surface area contributed by atoms with Crippen LogP contribution in [0.3, 0.4) is 0 Å². The lowest BCUT2D eigenvalue weighted by atomic mass is 10.1. The molecular weight excluding hydrogens is 398 g/mol.